The van der Waals surface area contributed by atoms with Gasteiger partial charge in [-0.15, -0.1) is 23.2 Å². The number of hydrogen-bond acceptors (Lipinski definition) is 4. The van der Waals surface area contributed by atoms with Gasteiger partial charge in [0.25, 0.3) is 5.91 Å². The molecule has 36 heavy (non-hydrogen) atoms. The van der Waals surface area contributed by atoms with Gasteiger partial charge >= 0.3 is 5.51 Å². The highest BCUT2D eigenvalue weighted by molar-refractivity contribution is 8.00. The molecule has 2 aromatic carbocycles. The maximum Gasteiger partial charge on any atom is 0.441 e. The van der Waals surface area contributed by atoms with Gasteiger partial charge in [-0.05, 0) is 37.3 Å². The lowest BCUT2D eigenvalue weighted by atomic mass is 10.1. The standard InChI is InChI=1S/C21H17Cl3F5N3O3S/c1-20(23,24)9-16(34)30-10-2-3-12(22)11(8-10)19(35)31-14-5-4-13(25)18(17(14)26)32-15(33)6-7-36-21(27,28)29/h2-5,8H,6-7,9H2,1H3,(H,30,34)(H,31,35)(H,32,33). The molecule has 0 spiro atoms. The third-order valence-corrected chi connectivity index (χ3v) is 5.50. The molecule has 0 saturated heterocycles. The Morgan fingerprint density at radius 1 is 0.972 bits per heavy atom. The van der Waals surface area contributed by atoms with Gasteiger partial charge in [0.05, 0.1) is 22.7 Å². The van der Waals surface area contributed by atoms with Crippen molar-refractivity contribution in [3.05, 3.63) is 52.6 Å². The quantitative estimate of drug-likeness (QED) is 0.217. The molecule has 0 aliphatic carbocycles. The second-order valence-corrected chi connectivity index (χ2v) is 10.7. The van der Waals surface area contributed by atoms with Crippen LogP contribution in [0, 0.1) is 11.6 Å². The summed E-state index contributed by atoms with van der Waals surface area (Å²) in [5.41, 5.74) is -6.10. The molecule has 0 aliphatic heterocycles. The van der Waals surface area contributed by atoms with E-state index in [0.29, 0.717) is 0 Å². The Morgan fingerprint density at radius 3 is 2.25 bits per heavy atom. The van der Waals surface area contributed by atoms with Crippen LogP contribution in [0.2, 0.25) is 5.02 Å². The molecule has 6 nitrogen and oxygen atoms in total. The molecular weight excluding hydrogens is 576 g/mol. The Labute approximate surface area is 221 Å². The number of hydrogen-bond donors (Lipinski definition) is 3. The molecule has 0 aliphatic rings. The van der Waals surface area contributed by atoms with E-state index in [-0.39, 0.29) is 22.7 Å². The molecule has 0 atom stereocenters. The zero-order chi connectivity index (χ0) is 27.3. The van der Waals surface area contributed by atoms with E-state index in [1.54, 1.807) is 0 Å². The Balaban J connectivity index is 2.16. The number of alkyl halides is 5. The SMILES string of the molecule is CC(Cl)(Cl)CC(=O)Nc1ccc(Cl)c(C(=O)Nc2ccc(F)c(NC(=O)CCSC(F)(F)F)c2F)c1. The number of halogens is 8. The van der Waals surface area contributed by atoms with Gasteiger partial charge in [-0.25, -0.2) is 8.78 Å². The highest BCUT2D eigenvalue weighted by Gasteiger charge is 2.28. The summed E-state index contributed by atoms with van der Waals surface area (Å²) >= 11 is 17.2. The summed E-state index contributed by atoms with van der Waals surface area (Å²) < 4.78 is 64.1. The molecule has 0 radical (unpaired) electrons. The maximum absolute atomic E-state index is 14.8. The second-order valence-electron chi connectivity index (χ2n) is 7.32. The predicted octanol–water partition coefficient (Wildman–Crippen LogP) is 6.97. The Kier molecular flexibility index (Phi) is 10.2. The summed E-state index contributed by atoms with van der Waals surface area (Å²) in [7, 11) is 0. The van der Waals surface area contributed by atoms with Crippen LogP contribution in [0.25, 0.3) is 0 Å². The van der Waals surface area contributed by atoms with Crippen LogP contribution >= 0.6 is 46.6 Å². The van der Waals surface area contributed by atoms with E-state index in [2.05, 4.69) is 10.6 Å². The summed E-state index contributed by atoms with van der Waals surface area (Å²) in [5.74, 6) is -5.81. The van der Waals surface area contributed by atoms with Crippen molar-refractivity contribution in [2.45, 2.75) is 29.6 Å². The van der Waals surface area contributed by atoms with Crippen LogP contribution < -0.4 is 16.0 Å². The topological polar surface area (TPSA) is 87.3 Å². The van der Waals surface area contributed by atoms with E-state index in [0.717, 1.165) is 12.1 Å². The minimum atomic E-state index is -4.56. The Bertz CT molecular complexity index is 1160. The zero-order valence-electron chi connectivity index (χ0n) is 18.2. The van der Waals surface area contributed by atoms with E-state index >= 15 is 0 Å². The first-order valence-corrected chi connectivity index (χ1v) is 11.9. The van der Waals surface area contributed by atoms with E-state index in [1.165, 1.54) is 25.1 Å². The van der Waals surface area contributed by atoms with Crippen LogP contribution in [0.4, 0.5) is 39.0 Å². The number of amides is 3. The van der Waals surface area contributed by atoms with Gasteiger partial charge in [-0.1, -0.05) is 23.4 Å². The average Bonchev–Trinajstić information content (AvgIpc) is 2.72. The van der Waals surface area contributed by atoms with Gasteiger partial charge in [-0.2, -0.15) is 13.2 Å². The summed E-state index contributed by atoms with van der Waals surface area (Å²) in [6, 6.07) is 5.49. The molecule has 2 aromatic rings. The first kappa shape index (κ1) is 29.9. The third kappa shape index (κ3) is 9.64. The van der Waals surface area contributed by atoms with Crippen LogP contribution in [0.3, 0.4) is 0 Å². The molecule has 196 valence electrons. The Morgan fingerprint density at radius 2 is 1.64 bits per heavy atom. The molecule has 0 fully saturated rings. The van der Waals surface area contributed by atoms with Crippen LogP contribution in [0.15, 0.2) is 30.3 Å². The maximum atomic E-state index is 14.8. The van der Waals surface area contributed by atoms with Crippen molar-refractivity contribution in [3.8, 4) is 0 Å². The highest BCUT2D eigenvalue weighted by Crippen LogP contribution is 2.31. The number of rotatable bonds is 9. The van der Waals surface area contributed by atoms with Crippen LogP contribution in [-0.2, 0) is 9.59 Å². The number of benzene rings is 2. The van der Waals surface area contributed by atoms with Crippen molar-refractivity contribution >= 4 is 81.3 Å². The molecule has 0 saturated carbocycles. The molecule has 0 aromatic heterocycles. The smallest absolute Gasteiger partial charge is 0.326 e. The molecule has 2 rings (SSSR count). The molecular formula is C21H17Cl3F5N3O3S. The number of nitrogens with one attached hydrogen (secondary N) is 3. The summed E-state index contributed by atoms with van der Waals surface area (Å²) in [4.78, 5) is 36.5. The number of carbonyl (C=O) groups excluding carboxylic acids is 3. The lowest BCUT2D eigenvalue weighted by Gasteiger charge is -2.15. The molecule has 3 amide bonds. The molecule has 0 unspecified atom stereocenters. The van der Waals surface area contributed by atoms with E-state index in [9.17, 15) is 36.3 Å². The minimum absolute atomic E-state index is 0.0664. The van der Waals surface area contributed by atoms with Crippen molar-refractivity contribution in [2.24, 2.45) is 0 Å². The molecule has 0 heterocycles. The second kappa shape index (κ2) is 12.3. The van der Waals surface area contributed by atoms with E-state index < -0.39 is 74.5 Å². The predicted molar refractivity (Wildman–Crippen MR) is 131 cm³/mol. The van der Waals surface area contributed by atoms with E-state index in [4.69, 9.17) is 34.8 Å². The fourth-order valence-corrected chi connectivity index (χ4v) is 3.64. The van der Waals surface area contributed by atoms with Crippen molar-refractivity contribution < 1.29 is 36.3 Å². The Hall–Kier alpha value is -2.28. The van der Waals surface area contributed by atoms with Gasteiger partial charge < -0.3 is 16.0 Å². The molecule has 3 N–H and O–H groups in total. The average molecular weight is 593 g/mol. The zero-order valence-corrected chi connectivity index (χ0v) is 21.2. The fourth-order valence-electron chi connectivity index (χ4n) is 2.68. The fraction of sp³-hybridized carbons (Fsp3) is 0.286. The monoisotopic (exact) mass is 591 g/mol. The normalized spacial score (nSPS) is 11.7. The lowest BCUT2D eigenvalue weighted by Crippen LogP contribution is -2.21. The van der Waals surface area contributed by atoms with Crippen molar-refractivity contribution in [1.82, 2.24) is 0 Å². The van der Waals surface area contributed by atoms with Crippen LogP contribution in [-0.4, -0.2) is 33.3 Å². The first-order valence-electron chi connectivity index (χ1n) is 9.83. The van der Waals surface area contributed by atoms with Crippen molar-refractivity contribution in [3.63, 3.8) is 0 Å². The van der Waals surface area contributed by atoms with Gasteiger partial charge in [0, 0.05) is 17.9 Å². The lowest BCUT2D eigenvalue weighted by molar-refractivity contribution is -0.117. The summed E-state index contributed by atoms with van der Waals surface area (Å²) in [5, 5.41) is 6.43. The number of thioether (sulfide) groups is 1. The van der Waals surface area contributed by atoms with E-state index in [1.807, 2.05) is 5.32 Å². The largest absolute Gasteiger partial charge is 0.441 e. The number of anilines is 3. The van der Waals surface area contributed by atoms with Gasteiger partial charge in [0.15, 0.2) is 5.82 Å². The summed E-state index contributed by atoms with van der Waals surface area (Å²) in [6.07, 6.45) is -0.926. The third-order valence-electron chi connectivity index (χ3n) is 4.16. The molecule has 0 bridgehead atoms. The summed E-state index contributed by atoms with van der Waals surface area (Å²) in [6.45, 7) is 1.41. The van der Waals surface area contributed by atoms with Crippen molar-refractivity contribution in [1.29, 1.82) is 0 Å². The first-order chi connectivity index (χ1) is 16.6. The van der Waals surface area contributed by atoms with Crippen LogP contribution in [0.5, 0.6) is 0 Å². The highest BCUT2D eigenvalue weighted by atomic mass is 35.5. The van der Waals surface area contributed by atoms with Crippen molar-refractivity contribution in [2.75, 3.05) is 21.7 Å². The van der Waals surface area contributed by atoms with Gasteiger partial charge in [-0.3, -0.25) is 14.4 Å². The molecule has 15 heteroatoms. The minimum Gasteiger partial charge on any atom is -0.326 e. The number of carbonyl (C=O) groups is 3. The van der Waals surface area contributed by atoms with Gasteiger partial charge in [0.2, 0.25) is 11.8 Å². The van der Waals surface area contributed by atoms with Gasteiger partial charge in [0.1, 0.15) is 15.8 Å². The van der Waals surface area contributed by atoms with Crippen LogP contribution in [0.1, 0.15) is 30.1 Å².